The van der Waals surface area contributed by atoms with Crippen LogP contribution in [0.1, 0.15) is 87.1 Å². The van der Waals surface area contributed by atoms with Gasteiger partial charge in [-0.1, -0.05) is 51.8 Å². The van der Waals surface area contributed by atoms with E-state index < -0.39 is 7.55 Å². The van der Waals surface area contributed by atoms with Gasteiger partial charge in [0.25, 0.3) is 0 Å². The summed E-state index contributed by atoms with van der Waals surface area (Å²) >= 11 is 0. The van der Waals surface area contributed by atoms with Crippen LogP contribution in [0.4, 0.5) is 0 Å². The van der Waals surface area contributed by atoms with Gasteiger partial charge < -0.3 is 9.47 Å². The van der Waals surface area contributed by atoms with Crippen molar-refractivity contribution >= 4 is 18.6 Å². The first-order valence-electron chi connectivity index (χ1n) is 12.2. The van der Waals surface area contributed by atoms with Gasteiger partial charge in [-0.05, 0) is 62.6 Å². The molecule has 3 heteroatoms. The smallest absolute Gasteiger partial charge is 0.168 e. The second kappa shape index (κ2) is 11.9. The monoisotopic (exact) mass is 455 g/mol. The minimum Gasteiger partial charge on any atom is -0.493 e. The Morgan fingerprint density at radius 3 is 2.06 bits per heavy atom. The van der Waals surface area contributed by atoms with Gasteiger partial charge >= 0.3 is 0 Å². The fraction of sp³-hybridized carbons (Fsp3) is 0.552. The van der Waals surface area contributed by atoms with Crippen molar-refractivity contribution in [1.82, 2.24) is 0 Å². The predicted octanol–water partition coefficient (Wildman–Crippen LogP) is 8.10. The topological polar surface area (TPSA) is 18.5 Å². The van der Waals surface area contributed by atoms with Crippen molar-refractivity contribution in [2.45, 2.75) is 86.5 Å². The molecule has 0 aliphatic heterocycles. The summed E-state index contributed by atoms with van der Waals surface area (Å²) in [6.07, 6.45) is 5.68. The summed E-state index contributed by atoms with van der Waals surface area (Å²) in [6, 6.07) is 4.83. The van der Waals surface area contributed by atoms with Crippen LogP contribution in [0.15, 0.2) is 12.1 Å². The minimum atomic E-state index is -0.428. The van der Waals surface area contributed by atoms with Crippen molar-refractivity contribution in [2.24, 2.45) is 0 Å². The van der Waals surface area contributed by atoms with Crippen LogP contribution in [0.2, 0.25) is 0 Å². The van der Waals surface area contributed by atoms with Crippen molar-refractivity contribution in [2.75, 3.05) is 20.9 Å². The Labute approximate surface area is 198 Å². The van der Waals surface area contributed by atoms with E-state index in [1.165, 1.54) is 50.7 Å². The highest BCUT2D eigenvalue weighted by Gasteiger charge is 2.31. The van der Waals surface area contributed by atoms with E-state index in [0.717, 1.165) is 37.2 Å². The van der Waals surface area contributed by atoms with Gasteiger partial charge in [-0.2, -0.15) is 0 Å². The molecule has 0 fully saturated rings. The Morgan fingerprint density at radius 1 is 0.906 bits per heavy atom. The van der Waals surface area contributed by atoms with E-state index >= 15 is 0 Å². The van der Waals surface area contributed by atoms with Gasteiger partial charge in [-0.25, -0.2) is 0 Å². The average molecular weight is 456 g/mol. The summed E-state index contributed by atoms with van der Waals surface area (Å²) < 4.78 is 11.8. The van der Waals surface area contributed by atoms with E-state index in [1.807, 2.05) is 0 Å². The van der Waals surface area contributed by atoms with Crippen LogP contribution in [0.25, 0.3) is 11.1 Å². The first kappa shape index (κ1) is 26.5. The molecule has 0 aliphatic rings. The molecule has 0 aromatic heterocycles. The summed E-state index contributed by atoms with van der Waals surface area (Å²) in [5.41, 5.74) is 9.57. The molecule has 2 aromatic carbocycles. The molecule has 0 amide bonds. The summed E-state index contributed by atoms with van der Waals surface area (Å²) in [7, 11) is 3.10. The van der Waals surface area contributed by atoms with E-state index in [2.05, 4.69) is 73.1 Å². The SMILES string of the molecule is CCC/C=[P+](/C)c1c(C)c(OC)c(OC)c(C)c1-c1c(CCC)cc(C)cc1C(C)CC. The van der Waals surface area contributed by atoms with E-state index in [0.29, 0.717) is 5.92 Å². The van der Waals surface area contributed by atoms with Gasteiger partial charge in [0, 0.05) is 23.1 Å². The third-order valence-electron chi connectivity index (χ3n) is 6.61. The van der Waals surface area contributed by atoms with Crippen molar-refractivity contribution in [1.29, 1.82) is 0 Å². The number of hydrogen-bond donors (Lipinski definition) is 0. The second-order valence-electron chi connectivity index (χ2n) is 9.07. The van der Waals surface area contributed by atoms with Crippen LogP contribution >= 0.6 is 7.55 Å². The molecule has 2 rings (SSSR count). The highest BCUT2D eigenvalue weighted by molar-refractivity contribution is 7.64. The number of hydrogen-bond acceptors (Lipinski definition) is 2. The molecular formula is C29H44O2P+. The third kappa shape index (κ3) is 5.23. The van der Waals surface area contributed by atoms with E-state index in [4.69, 9.17) is 9.47 Å². The number of unbranched alkanes of at least 4 members (excludes halogenated alkanes) is 1. The highest BCUT2D eigenvalue weighted by Crippen LogP contribution is 2.46. The zero-order valence-electron chi connectivity index (χ0n) is 22.1. The maximum Gasteiger partial charge on any atom is 0.168 e. The summed E-state index contributed by atoms with van der Waals surface area (Å²) in [6.45, 7) is 18.3. The Bertz CT molecular complexity index is 972. The zero-order chi connectivity index (χ0) is 24.0. The number of aryl methyl sites for hydroxylation is 2. The molecule has 0 bridgehead atoms. The lowest BCUT2D eigenvalue weighted by Gasteiger charge is -2.25. The van der Waals surface area contributed by atoms with Crippen molar-refractivity contribution in [3.63, 3.8) is 0 Å². The lowest BCUT2D eigenvalue weighted by molar-refractivity contribution is 0.351. The van der Waals surface area contributed by atoms with Gasteiger partial charge in [0.2, 0.25) is 0 Å². The van der Waals surface area contributed by atoms with Gasteiger partial charge in [0.1, 0.15) is 14.2 Å². The maximum absolute atomic E-state index is 5.95. The van der Waals surface area contributed by atoms with Crippen molar-refractivity contribution < 1.29 is 9.47 Å². The summed E-state index contributed by atoms with van der Waals surface area (Å²) in [4.78, 5) is 0. The molecule has 0 aliphatic carbocycles. The van der Waals surface area contributed by atoms with E-state index in [9.17, 15) is 0 Å². The Balaban J connectivity index is 3.13. The number of benzene rings is 2. The lowest BCUT2D eigenvalue weighted by atomic mass is 9.82. The molecule has 0 saturated carbocycles. The van der Waals surface area contributed by atoms with Crippen LogP contribution in [0, 0.1) is 20.8 Å². The first-order chi connectivity index (χ1) is 15.3. The third-order valence-corrected chi connectivity index (χ3v) is 8.68. The normalized spacial score (nSPS) is 12.8. The minimum absolute atomic E-state index is 0.428. The fourth-order valence-corrected chi connectivity index (χ4v) is 6.94. The molecule has 2 atom stereocenters. The van der Waals surface area contributed by atoms with Crippen LogP contribution < -0.4 is 14.8 Å². The Kier molecular flexibility index (Phi) is 9.83. The summed E-state index contributed by atoms with van der Waals surface area (Å²) in [5.74, 6) is 4.80. The van der Waals surface area contributed by atoms with E-state index in [1.54, 1.807) is 14.2 Å². The molecule has 0 spiro atoms. The molecule has 0 N–H and O–H groups in total. The predicted molar refractivity (Wildman–Crippen MR) is 145 cm³/mol. The average Bonchev–Trinajstić information content (AvgIpc) is 2.77. The van der Waals surface area contributed by atoms with Gasteiger partial charge in [-0.15, -0.1) is 0 Å². The molecule has 2 unspecified atom stereocenters. The van der Waals surface area contributed by atoms with Crippen LogP contribution in [-0.4, -0.2) is 26.7 Å². The van der Waals surface area contributed by atoms with E-state index in [-0.39, 0.29) is 0 Å². The van der Waals surface area contributed by atoms with Crippen LogP contribution in [0.5, 0.6) is 11.5 Å². The molecule has 32 heavy (non-hydrogen) atoms. The van der Waals surface area contributed by atoms with Crippen molar-refractivity contribution in [3.8, 4) is 22.6 Å². The zero-order valence-corrected chi connectivity index (χ0v) is 23.0. The molecule has 0 heterocycles. The number of ether oxygens (including phenoxy) is 2. The molecule has 2 aromatic rings. The Morgan fingerprint density at radius 2 is 1.53 bits per heavy atom. The molecule has 176 valence electrons. The van der Waals surface area contributed by atoms with Gasteiger partial charge in [0.05, 0.1) is 20.0 Å². The van der Waals surface area contributed by atoms with Gasteiger partial charge in [0.15, 0.2) is 16.8 Å². The van der Waals surface area contributed by atoms with Gasteiger partial charge in [-0.3, -0.25) is 0 Å². The fourth-order valence-electron chi connectivity index (χ4n) is 4.85. The summed E-state index contributed by atoms with van der Waals surface area (Å²) in [5, 5.41) is 1.45. The van der Waals surface area contributed by atoms with Crippen molar-refractivity contribution in [3.05, 3.63) is 39.9 Å². The standard InChI is InChI=1S/C29H44O2P/c1-11-14-16-32(10)29-22(7)28(31-9)27(30-8)21(6)25(29)26-23(15-12-2)17-19(4)18-24(26)20(5)13-3/h16-18,20H,11-15H2,1-10H3/q+1. The molecular weight excluding hydrogens is 411 g/mol. The first-order valence-corrected chi connectivity index (χ1v) is 14.1. The highest BCUT2D eigenvalue weighted by atomic mass is 31.1. The van der Waals surface area contributed by atoms with Crippen LogP contribution in [-0.2, 0) is 6.42 Å². The molecule has 0 saturated heterocycles. The van der Waals surface area contributed by atoms with Crippen LogP contribution in [0.3, 0.4) is 0 Å². The quantitative estimate of drug-likeness (QED) is 0.337. The molecule has 0 radical (unpaired) electrons. The lowest BCUT2D eigenvalue weighted by Crippen LogP contribution is -2.16. The largest absolute Gasteiger partial charge is 0.493 e. The Hall–Kier alpha value is -1.79. The number of methoxy groups -OCH3 is 2. The molecule has 2 nitrogen and oxygen atoms in total. The second-order valence-corrected chi connectivity index (χ2v) is 11.1. The maximum atomic E-state index is 5.95. The number of rotatable bonds is 10.